The molecule has 0 aromatic heterocycles. The van der Waals surface area contributed by atoms with Crippen LogP contribution in [-0.2, 0) is 6.42 Å². The van der Waals surface area contributed by atoms with Gasteiger partial charge in [0.25, 0.3) is 0 Å². The summed E-state index contributed by atoms with van der Waals surface area (Å²) in [4.78, 5) is 10.9. The Hall–Kier alpha value is -1.71. The Balaban J connectivity index is 2.00. The molecule has 27 heavy (non-hydrogen) atoms. The second-order valence-electron chi connectivity index (χ2n) is 7.62. The van der Waals surface area contributed by atoms with E-state index >= 15 is 0 Å². The minimum absolute atomic E-state index is 0.253. The lowest BCUT2D eigenvalue weighted by Crippen LogP contribution is -1.98. The molecular weight excluding hydrogens is 340 g/mol. The van der Waals surface area contributed by atoms with Gasteiger partial charge in [-0.05, 0) is 24.5 Å². The lowest BCUT2D eigenvalue weighted by atomic mass is 10.0. The van der Waals surface area contributed by atoms with Crippen molar-refractivity contribution in [1.82, 2.24) is 0 Å². The van der Waals surface area contributed by atoms with Crippen molar-refractivity contribution in [3.8, 4) is 11.5 Å². The van der Waals surface area contributed by atoms with E-state index in [0.717, 1.165) is 12.8 Å². The predicted octanol–water partition coefficient (Wildman–Crippen LogP) is 6.82. The Morgan fingerprint density at radius 3 is 1.59 bits per heavy atom. The highest BCUT2D eigenvalue weighted by molar-refractivity contribution is 5.92. The molecule has 0 aliphatic rings. The molecule has 1 aromatic carbocycles. The Bertz CT molecular complexity index is 539. The maximum absolute atomic E-state index is 10.9. The summed E-state index contributed by atoms with van der Waals surface area (Å²) < 4.78 is 0. The van der Waals surface area contributed by atoms with Crippen LogP contribution < -0.4 is 0 Å². The molecule has 0 saturated carbocycles. The van der Waals surface area contributed by atoms with Crippen molar-refractivity contribution in [3.63, 3.8) is 0 Å². The fraction of sp³-hybridized carbons (Fsp3) is 0.696. The fourth-order valence-corrected chi connectivity index (χ4v) is 3.51. The van der Waals surface area contributed by atoms with E-state index in [1.165, 1.54) is 83.1 Å². The minimum Gasteiger partial charge on any atom is -0.504 e. The Labute approximate surface area is 164 Å². The zero-order chi connectivity index (χ0) is 19.9. The Kier molecular flexibility index (Phi) is 12.4. The molecule has 0 bridgehead atoms. The number of aryl methyl sites for hydroxylation is 1. The molecule has 0 fully saturated rings. The van der Waals surface area contributed by atoms with Crippen LogP contribution in [-0.4, -0.2) is 21.3 Å². The van der Waals surface area contributed by atoms with Crippen molar-refractivity contribution >= 4 is 5.97 Å². The standard InChI is InChI=1S/C23H38O4/c1-2-3-4-5-6-7-8-9-10-11-12-13-14-15-16-19-17-18-20(23(26)27)22(25)21(19)24/h17-18,24-25H,2-16H2,1H3,(H,26,27). The smallest absolute Gasteiger partial charge is 0.339 e. The number of aromatic hydroxyl groups is 2. The highest BCUT2D eigenvalue weighted by Gasteiger charge is 2.16. The van der Waals surface area contributed by atoms with E-state index in [0.29, 0.717) is 12.0 Å². The maximum Gasteiger partial charge on any atom is 0.339 e. The number of phenolic OH excluding ortho intramolecular Hbond substituents is 1. The lowest BCUT2D eigenvalue weighted by molar-refractivity contribution is 0.0693. The third-order valence-electron chi connectivity index (χ3n) is 5.26. The molecule has 4 nitrogen and oxygen atoms in total. The van der Waals surface area contributed by atoms with Crippen LogP contribution in [0.15, 0.2) is 12.1 Å². The highest BCUT2D eigenvalue weighted by Crippen LogP contribution is 2.33. The number of benzene rings is 1. The average Bonchev–Trinajstić information content (AvgIpc) is 2.65. The molecular formula is C23H38O4. The van der Waals surface area contributed by atoms with E-state index in [4.69, 9.17) is 5.11 Å². The zero-order valence-corrected chi connectivity index (χ0v) is 17.0. The van der Waals surface area contributed by atoms with Crippen LogP contribution in [0.5, 0.6) is 11.5 Å². The summed E-state index contributed by atoms with van der Waals surface area (Å²) >= 11 is 0. The van der Waals surface area contributed by atoms with E-state index in [9.17, 15) is 15.0 Å². The first kappa shape index (κ1) is 23.3. The highest BCUT2D eigenvalue weighted by atomic mass is 16.4. The van der Waals surface area contributed by atoms with Crippen LogP contribution in [0.3, 0.4) is 0 Å². The van der Waals surface area contributed by atoms with Crippen molar-refractivity contribution in [3.05, 3.63) is 23.3 Å². The third kappa shape index (κ3) is 9.69. The van der Waals surface area contributed by atoms with Crippen LogP contribution in [0.25, 0.3) is 0 Å². The second kappa shape index (κ2) is 14.4. The van der Waals surface area contributed by atoms with Crippen molar-refractivity contribution < 1.29 is 20.1 Å². The van der Waals surface area contributed by atoms with Crippen molar-refractivity contribution in [2.45, 2.75) is 103 Å². The zero-order valence-electron chi connectivity index (χ0n) is 17.0. The van der Waals surface area contributed by atoms with Crippen molar-refractivity contribution in [1.29, 1.82) is 0 Å². The number of carbonyl (C=O) groups is 1. The van der Waals surface area contributed by atoms with Gasteiger partial charge in [-0.15, -0.1) is 0 Å². The van der Waals surface area contributed by atoms with Crippen LogP contribution in [0.2, 0.25) is 0 Å². The quantitative estimate of drug-likeness (QED) is 0.218. The van der Waals surface area contributed by atoms with Crippen LogP contribution in [0, 0.1) is 0 Å². The first-order valence-electron chi connectivity index (χ1n) is 10.8. The van der Waals surface area contributed by atoms with E-state index in [1.807, 2.05) is 0 Å². The number of hydrogen-bond acceptors (Lipinski definition) is 3. The SMILES string of the molecule is CCCCCCCCCCCCCCCCc1ccc(C(=O)O)c(O)c1O. The molecule has 0 unspecified atom stereocenters. The number of phenols is 2. The van der Waals surface area contributed by atoms with Crippen molar-refractivity contribution in [2.75, 3.05) is 0 Å². The monoisotopic (exact) mass is 378 g/mol. The lowest BCUT2D eigenvalue weighted by Gasteiger charge is -2.08. The normalized spacial score (nSPS) is 11.0. The first-order chi connectivity index (χ1) is 13.1. The molecule has 0 spiro atoms. The summed E-state index contributed by atoms with van der Waals surface area (Å²) in [5.74, 6) is -2.04. The van der Waals surface area contributed by atoms with Crippen molar-refractivity contribution in [2.24, 2.45) is 0 Å². The number of rotatable bonds is 16. The Morgan fingerprint density at radius 2 is 1.15 bits per heavy atom. The fourth-order valence-electron chi connectivity index (χ4n) is 3.51. The number of unbranched alkanes of at least 4 members (excludes halogenated alkanes) is 13. The summed E-state index contributed by atoms with van der Waals surface area (Å²) in [5, 5.41) is 28.6. The minimum atomic E-state index is -1.23. The van der Waals surface area contributed by atoms with Gasteiger partial charge in [0, 0.05) is 0 Å². The average molecular weight is 379 g/mol. The molecule has 0 aliphatic heterocycles. The molecule has 3 N–H and O–H groups in total. The molecule has 0 atom stereocenters. The largest absolute Gasteiger partial charge is 0.504 e. The van der Waals surface area contributed by atoms with E-state index in [-0.39, 0.29) is 11.3 Å². The van der Waals surface area contributed by atoms with Gasteiger partial charge in [0.05, 0.1) is 0 Å². The van der Waals surface area contributed by atoms with Gasteiger partial charge in [0.15, 0.2) is 11.5 Å². The van der Waals surface area contributed by atoms with Gasteiger partial charge in [-0.1, -0.05) is 96.5 Å². The number of aromatic carboxylic acids is 1. The topological polar surface area (TPSA) is 77.8 Å². The summed E-state index contributed by atoms with van der Waals surface area (Å²) in [6.45, 7) is 2.26. The molecule has 0 amide bonds. The third-order valence-corrected chi connectivity index (χ3v) is 5.26. The van der Waals surface area contributed by atoms with Gasteiger partial charge in [0.1, 0.15) is 5.56 Å². The van der Waals surface area contributed by atoms with E-state index in [1.54, 1.807) is 6.07 Å². The maximum atomic E-state index is 10.9. The Morgan fingerprint density at radius 1 is 0.704 bits per heavy atom. The summed E-state index contributed by atoms with van der Waals surface area (Å²) in [6.07, 6.45) is 18.8. The molecule has 0 aliphatic carbocycles. The predicted molar refractivity (Wildman–Crippen MR) is 111 cm³/mol. The van der Waals surface area contributed by atoms with Crippen LogP contribution in [0.1, 0.15) is 113 Å². The number of hydrogen-bond donors (Lipinski definition) is 3. The molecule has 154 valence electrons. The van der Waals surface area contributed by atoms with E-state index in [2.05, 4.69) is 6.92 Å². The van der Waals surface area contributed by atoms with Gasteiger partial charge in [-0.25, -0.2) is 4.79 Å². The first-order valence-corrected chi connectivity index (χ1v) is 10.8. The van der Waals surface area contributed by atoms with Gasteiger partial charge in [-0.2, -0.15) is 0 Å². The molecule has 0 saturated heterocycles. The summed E-state index contributed by atoms with van der Waals surface area (Å²) in [7, 11) is 0. The molecule has 0 heterocycles. The van der Waals surface area contributed by atoms with Crippen LogP contribution in [0.4, 0.5) is 0 Å². The molecule has 0 radical (unpaired) electrons. The van der Waals surface area contributed by atoms with Gasteiger partial charge in [0.2, 0.25) is 0 Å². The van der Waals surface area contributed by atoms with Gasteiger partial charge < -0.3 is 15.3 Å². The van der Waals surface area contributed by atoms with Gasteiger partial charge in [-0.3, -0.25) is 0 Å². The second-order valence-corrected chi connectivity index (χ2v) is 7.62. The van der Waals surface area contributed by atoms with Gasteiger partial charge >= 0.3 is 5.97 Å². The summed E-state index contributed by atoms with van der Waals surface area (Å²) in [6, 6.07) is 2.96. The summed E-state index contributed by atoms with van der Waals surface area (Å²) in [5.41, 5.74) is 0.369. The van der Waals surface area contributed by atoms with Crippen LogP contribution >= 0.6 is 0 Å². The molecule has 1 aromatic rings. The number of carboxylic acid groups (broad SMARTS) is 1. The number of carboxylic acids is 1. The van der Waals surface area contributed by atoms with E-state index < -0.39 is 11.7 Å². The molecule has 1 rings (SSSR count). The molecule has 4 heteroatoms.